The molecule has 0 bridgehead atoms. The van der Waals surface area contributed by atoms with Crippen LogP contribution in [0.1, 0.15) is 58.9 Å². The number of nitrogens with two attached hydrogens (primary N) is 1. The van der Waals surface area contributed by atoms with Gasteiger partial charge in [0, 0.05) is 35.9 Å². The SMILES string of the molecule is CCCCO[C@@H]1C[C@H]2CSC(NC(=O)OC(C)(C)C)=N[C@@]2(c2cc(N)ccc2F)C1. The average Bonchev–Trinajstić information content (AvgIpc) is 3.01. The zero-order chi connectivity index (χ0) is 21.9. The van der Waals surface area contributed by atoms with Crippen molar-refractivity contribution in [1.29, 1.82) is 0 Å². The fourth-order valence-corrected chi connectivity index (χ4v) is 5.24. The van der Waals surface area contributed by atoms with Crippen molar-refractivity contribution in [3.63, 3.8) is 0 Å². The van der Waals surface area contributed by atoms with Gasteiger partial charge >= 0.3 is 6.09 Å². The fourth-order valence-electron chi connectivity index (χ4n) is 4.09. The molecule has 8 heteroatoms. The standard InChI is InChI=1S/C22H32FN3O3S/c1-5-6-9-28-16-10-14-13-30-19(25-20(27)29-21(2,3)4)26-22(14,12-16)17-11-15(24)7-8-18(17)23/h7-8,11,14,16H,5-6,9-10,12-13,24H2,1-4H3,(H,25,26,27)/t14-,16+,22-/m0/s1. The number of rotatable bonds is 5. The van der Waals surface area contributed by atoms with Gasteiger partial charge in [0.15, 0.2) is 5.17 Å². The normalized spacial score (nSPS) is 26.1. The van der Waals surface area contributed by atoms with Gasteiger partial charge in [-0.15, -0.1) is 0 Å². The summed E-state index contributed by atoms with van der Waals surface area (Å²) in [6, 6.07) is 4.61. The van der Waals surface area contributed by atoms with Crippen LogP contribution in [0.15, 0.2) is 23.2 Å². The predicted octanol–water partition coefficient (Wildman–Crippen LogP) is 4.83. The number of halogens is 1. The lowest BCUT2D eigenvalue weighted by molar-refractivity contribution is 0.0513. The maximum absolute atomic E-state index is 14.9. The quantitative estimate of drug-likeness (QED) is 0.509. The van der Waals surface area contributed by atoms with Gasteiger partial charge in [-0.25, -0.2) is 9.18 Å². The Bertz CT molecular complexity index is 811. The number of alkyl carbamates (subject to hydrolysis) is 1. The molecule has 30 heavy (non-hydrogen) atoms. The van der Waals surface area contributed by atoms with Crippen molar-refractivity contribution >= 4 is 28.7 Å². The van der Waals surface area contributed by atoms with E-state index >= 15 is 0 Å². The van der Waals surface area contributed by atoms with Crippen molar-refractivity contribution in [2.24, 2.45) is 10.9 Å². The number of anilines is 1. The number of fused-ring (bicyclic) bond motifs is 1. The Morgan fingerprint density at radius 2 is 2.20 bits per heavy atom. The average molecular weight is 438 g/mol. The van der Waals surface area contributed by atoms with Gasteiger partial charge in [0.25, 0.3) is 0 Å². The van der Waals surface area contributed by atoms with Crippen molar-refractivity contribution in [3.8, 4) is 0 Å². The molecule has 0 aromatic heterocycles. The lowest BCUT2D eigenvalue weighted by atomic mass is 9.81. The van der Waals surface area contributed by atoms with E-state index in [1.165, 1.54) is 17.8 Å². The van der Waals surface area contributed by atoms with Gasteiger partial charge < -0.3 is 15.2 Å². The second kappa shape index (κ2) is 9.14. The highest BCUT2D eigenvalue weighted by Gasteiger charge is 2.52. The highest BCUT2D eigenvalue weighted by molar-refractivity contribution is 8.13. The first-order valence-corrected chi connectivity index (χ1v) is 11.5. The Balaban J connectivity index is 1.92. The molecule has 2 aliphatic rings. The summed E-state index contributed by atoms with van der Waals surface area (Å²) < 4.78 is 26.4. The molecule has 3 N–H and O–H groups in total. The molecule has 1 aliphatic heterocycles. The molecular weight excluding hydrogens is 405 g/mol. The number of carbonyl (C=O) groups excluding carboxylic acids is 1. The lowest BCUT2D eigenvalue weighted by Crippen LogP contribution is -2.42. The molecule has 1 saturated carbocycles. The van der Waals surface area contributed by atoms with Crippen LogP contribution < -0.4 is 11.1 Å². The summed E-state index contributed by atoms with van der Waals surface area (Å²) >= 11 is 1.46. The number of thioether (sulfide) groups is 1. The zero-order valence-electron chi connectivity index (χ0n) is 18.2. The summed E-state index contributed by atoms with van der Waals surface area (Å²) in [6.45, 7) is 8.21. The van der Waals surface area contributed by atoms with Gasteiger partial charge in [0.2, 0.25) is 0 Å². The second-order valence-electron chi connectivity index (χ2n) is 9.00. The number of ether oxygens (including phenoxy) is 2. The van der Waals surface area contributed by atoms with Gasteiger partial charge in [-0.2, -0.15) is 0 Å². The van der Waals surface area contributed by atoms with Crippen LogP contribution in [0.25, 0.3) is 0 Å². The van der Waals surface area contributed by atoms with Crippen molar-refractivity contribution in [1.82, 2.24) is 5.32 Å². The number of hydrogen-bond donors (Lipinski definition) is 2. The van der Waals surface area contributed by atoms with E-state index < -0.39 is 17.2 Å². The van der Waals surface area contributed by atoms with Crippen LogP contribution in [0.2, 0.25) is 0 Å². The number of hydrogen-bond acceptors (Lipinski definition) is 6. The van der Waals surface area contributed by atoms with Crippen molar-refractivity contribution in [2.75, 3.05) is 18.1 Å². The third kappa shape index (κ3) is 5.27. The van der Waals surface area contributed by atoms with Gasteiger partial charge in [-0.3, -0.25) is 10.3 Å². The molecule has 0 radical (unpaired) electrons. The van der Waals surface area contributed by atoms with E-state index in [2.05, 4.69) is 12.2 Å². The van der Waals surface area contributed by atoms with E-state index in [0.717, 1.165) is 19.3 Å². The van der Waals surface area contributed by atoms with Crippen LogP contribution >= 0.6 is 11.8 Å². The number of unbranched alkanes of at least 4 members (excludes halogenated alkanes) is 1. The number of amides is 1. The summed E-state index contributed by atoms with van der Waals surface area (Å²) in [5.41, 5.74) is 5.52. The number of nitrogens with zero attached hydrogens (tertiary/aromatic N) is 1. The first-order chi connectivity index (χ1) is 14.1. The lowest BCUT2D eigenvalue weighted by Gasteiger charge is -2.36. The number of nitrogens with one attached hydrogen (secondary N) is 1. The van der Waals surface area contributed by atoms with Crippen molar-refractivity contribution in [2.45, 2.75) is 70.6 Å². The fraction of sp³-hybridized carbons (Fsp3) is 0.636. The van der Waals surface area contributed by atoms with E-state index in [9.17, 15) is 9.18 Å². The Hall–Kier alpha value is -1.80. The van der Waals surface area contributed by atoms with Crippen LogP contribution in [0, 0.1) is 11.7 Å². The van der Waals surface area contributed by atoms with Crippen LogP contribution in [0.3, 0.4) is 0 Å². The minimum atomic E-state index is -0.814. The summed E-state index contributed by atoms with van der Waals surface area (Å²) in [6.07, 6.45) is 2.83. The Morgan fingerprint density at radius 1 is 1.43 bits per heavy atom. The summed E-state index contributed by atoms with van der Waals surface area (Å²) in [5, 5.41) is 3.18. The van der Waals surface area contributed by atoms with Crippen LogP contribution in [0.4, 0.5) is 14.9 Å². The molecule has 1 aromatic rings. The van der Waals surface area contributed by atoms with E-state index in [1.54, 1.807) is 32.9 Å². The van der Waals surface area contributed by atoms with E-state index in [4.69, 9.17) is 20.2 Å². The molecular formula is C22H32FN3O3S. The van der Waals surface area contributed by atoms with Gasteiger partial charge in [0.1, 0.15) is 11.4 Å². The largest absolute Gasteiger partial charge is 0.444 e. The number of nitrogen functional groups attached to an aromatic ring is 1. The molecule has 0 spiro atoms. The molecule has 1 amide bonds. The third-order valence-electron chi connectivity index (χ3n) is 5.40. The smallest absolute Gasteiger partial charge is 0.413 e. The molecule has 0 unspecified atom stereocenters. The maximum atomic E-state index is 14.9. The monoisotopic (exact) mass is 437 g/mol. The minimum absolute atomic E-state index is 0.00685. The highest BCUT2D eigenvalue weighted by Crippen LogP contribution is 2.52. The molecule has 0 saturated heterocycles. The summed E-state index contributed by atoms with van der Waals surface area (Å²) in [5.74, 6) is 0.460. The van der Waals surface area contributed by atoms with E-state index in [0.29, 0.717) is 35.2 Å². The zero-order valence-corrected chi connectivity index (χ0v) is 19.0. The Labute approximate surface area is 182 Å². The molecule has 3 atom stereocenters. The predicted molar refractivity (Wildman–Crippen MR) is 119 cm³/mol. The van der Waals surface area contributed by atoms with E-state index in [1.807, 2.05) is 0 Å². The topological polar surface area (TPSA) is 85.9 Å². The van der Waals surface area contributed by atoms with Crippen molar-refractivity contribution in [3.05, 3.63) is 29.6 Å². The Kier molecular flexibility index (Phi) is 6.97. The van der Waals surface area contributed by atoms with E-state index in [-0.39, 0.29) is 17.8 Å². The second-order valence-corrected chi connectivity index (χ2v) is 10.0. The van der Waals surface area contributed by atoms with Crippen LogP contribution in [-0.2, 0) is 15.0 Å². The number of aliphatic imine (C=N–C) groups is 1. The van der Waals surface area contributed by atoms with Gasteiger partial charge in [-0.1, -0.05) is 25.1 Å². The summed E-state index contributed by atoms with van der Waals surface area (Å²) in [7, 11) is 0. The highest BCUT2D eigenvalue weighted by atomic mass is 32.2. The number of carbonyl (C=O) groups is 1. The van der Waals surface area contributed by atoms with Crippen LogP contribution in [0.5, 0.6) is 0 Å². The van der Waals surface area contributed by atoms with Crippen LogP contribution in [-0.4, -0.2) is 35.3 Å². The number of amidine groups is 1. The van der Waals surface area contributed by atoms with Gasteiger partial charge in [-0.05, 0) is 51.8 Å². The Morgan fingerprint density at radius 3 is 2.90 bits per heavy atom. The van der Waals surface area contributed by atoms with Crippen molar-refractivity contribution < 1.29 is 18.7 Å². The molecule has 1 aliphatic carbocycles. The molecule has 1 heterocycles. The minimum Gasteiger partial charge on any atom is -0.444 e. The first kappa shape index (κ1) is 22.9. The molecule has 6 nitrogen and oxygen atoms in total. The van der Waals surface area contributed by atoms with Gasteiger partial charge in [0.05, 0.1) is 11.6 Å². The maximum Gasteiger partial charge on any atom is 0.413 e. The molecule has 166 valence electrons. The first-order valence-electron chi connectivity index (χ1n) is 10.5. The summed E-state index contributed by atoms with van der Waals surface area (Å²) in [4.78, 5) is 17.2. The number of benzene rings is 1. The molecule has 3 rings (SSSR count). The molecule has 1 aromatic carbocycles. The third-order valence-corrected chi connectivity index (χ3v) is 6.44. The molecule has 1 fully saturated rings.